The molecule has 7 heteroatoms. The Balaban J connectivity index is 1.46. The molecule has 0 bridgehead atoms. The number of hydrogen-bond acceptors (Lipinski definition) is 5. The Kier molecular flexibility index (Phi) is 4.17. The second-order valence-electron chi connectivity index (χ2n) is 5.49. The number of nitrogens with one attached hydrogen (secondary N) is 1. The molecule has 0 aliphatic carbocycles. The van der Waals surface area contributed by atoms with Crippen LogP contribution in [0.2, 0.25) is 0 Å². The van der Waals surface area contributed by atoms with Gasteiger partial charge in [0, 0.05) is 24.2 Å². The van der Waals surface area contributed by atoms with Crippen LogP contribution in [-0.2, 0) is 0 Å². The largest absolute Gasteiger partial charge is 0.319 e. The van der Waals surface area contributed by atoms with Crippen molar-refractivity contribution < 1.29 is 4.79 Å². The Hall–Kier alpha value is -3.87. The normalized spacial score (nSPS) is 10.5. The topological polar surface area (TPSA) is 85.6 Å². The molecule has 0 atom stereocenters. The van der Waals surface area contributed by atoms with Gasteiger partial charge in [0.1, 0.15) is 12.1 Å². The van der Waals surface area contributed by atoms with Gasteiger partial charge < -0.3 is 5.32 Å². The number of rotatable bonds is 4. The minimum absolute atomic E-state index is 0.272. The lowest BCUT2D eigenvalue weighted by Gasteiger charge is -2.06. The van der Waals surface area contributed by atoms with Gasteiger partial charge >= 0.3 is 0 Å². The van der Waals surface area contributed by atoms with Crippen LogP contribution >= 0.6 is 0 Å². The molecule has 0 aliphatic heterocycles. The molecule has 0 saturated heterocycles. The number of pyridine rings is 1. The Morgan fingerprint density at radius 3 is 2.38 bits per heavy atom. The average molecular weight is 342 g/mol. The van der Waals surface area contributed by atoms with E-state index in [1.54, 1.807) is 47.8 Å². The SMILES string of the molecule is O=C(Nc1cnc(-c2ccccc2)nc1)c1ccc(-n2ccnc2)nc1. The van der Waals surface area contributed by atoms with E-state index in [1.807, 2.05) is 30.3 Å². The maximum absolute atomic E-state index is 12.3. The fraction of sp³-hybridized carbons (Fsp3) is 0. The van der Waals surface area contributed by atoms with E-state index >= 15 is 0 Å². The Labute approximate surface area is 149 Å². The maximum atomic E-state index is 12.3. The summed E-state index contributed by atoms with van der Waals surface area (Å²) in [6, 6.07) is 13.1. The summed E-state index contributed by atoms with van der Waals surface area (Å²) in [7, 11) is 0. The number of anilines is 1. The van der Waals surface area contributed by atoms with Crippen LogP contribution < -0.4 is 5.32 Å². The third kappa shape index (κ3) is 3.32. The molecule has 26 heavy (non-hydrogen) atoms. The number of amides is 1. The molecule has 0 spiro atoms. The van der Waals surface area contributed by atoms with Gasteiger partial charge in [-0.3, -0.25) is 9.36 Å². The molecular weight excluding hydrogens is 328 g/mol. The third-order valence-electron chi connectivity index (χ3n) is 3.72. The molecule has 0 aliphatic rings. The Morgan fingerprint density at radius 2 is 1.73 bits per heavy atom. The smallest absolute Gasteiger partial charge is 0.257 e. The van der Waals surface area contributed by atoms with Gasteiger partial charge in [-0.1, -0.05) is 30.3 Å². The predicted octanol–water partition coefficient (Wildman–Crippen LogP) is 2.98. The lowest BCUT2D eigenvalue weighted by molar-refractivity contribution is 0.102. The van der Waals surface area contributed by atoms with Crippen LogP contribution in [0.3, 0.4) is 0 Å². The second-order valence-corrected chi connectivity index (χ2v) is 5.49. The van der Waals surface area contributed by atoms with Gasteiger partial charge in [-0.2, -0.15) is 0 Å². The highest BCUT2D eigenvalue weighted by Crippen LogP contribution is 2.15. The molecule has 3 heterocycles. The lowest BCUT2D eigenvalue weighted by Crippen LogP contribution is -2.13. The monoisotopic (exact) mass is 342 g/mol. The summed E-state index contributed by atoms with van der Waals surface area (Å²) in [5.41, 5.74) is 1.89. The van der Waals surface area contributed by atoms with Crippen LogP contribution in [0, 0.1) is 0 Å². The molecule has 0 saturated carbocycles. The number of carbonyl (C=O) groups excluding carboxylic acids is 1. The first-order chi connectivity index (χ1) is 12.8. The zero-order valence-electron chi connectivity index (χ0n) is 13.6. The summed E-state index contributed by atoms with van der Waals surface area (Å²) in [6.45, 7) is 0. The van der Waals surface area contributed by atoms with Gasteiger partial charge in [0.2, 0.25) is 0 Å². The molecule has 0 radical (unpaired) electrons. The summed E-state index contributed by atoms with van der Waals surface area (Å²) in [4.78, 5) is 29.2. The van der Waals surface area contributed by atoms with Gasteiger partial charge in [-0.05, 0) is 12.1 Å². The zero-order valence-corrected chi connectivity index (χ0v) is 13.6. The fourth-order valence-corrected chi connectivity index (χ4v) is 2.40. The van der Waals surface area contributed by atoms with Crippen molar-refractivity contribution in [2.45, 2.75) is 0 Å². The second kappa shape index (κ2) is 6.94. The number of aromatic nitrogens is 5. The molecular formula is C19H14N6O. The summed E-state index contributed by atoms with van der Waals surface area (Å²) >= 11 is 0. The van der Waals surface area contributed by atoms with Crippen LogP contribution in [0.25, 0.3) is 17.2 Å². The summed E-state index contributed by atoms with van der Waals surface area (Å²) in [5.74, 6) is 1.02. The highest BCUT2D eigenvalue weighted by Gasteiger charge is 2.08. The van der Waals surface area contributed by atoms with E-state index in [-0.39, 0.29) is 5.91 Å². The Morgan fingerprint density at radius 1 is 0.923 bits per heavy atom. The molecule has 1 amide bonds. The first kappa shape index (κ1) is 15.6. The van der Waals surface area contributed by atoms with Crippen LogP contribution in [0.4, 0.5) is 5.69 Å². The van der Waals surface area contributed by atoms with E-state index < -0.39 is 0 Å². The van der Waals surface area contributed by atoms with E-state index in [0.29, 0.717) is 22.9 Å². The average Bonchev–Trinajstić information content (AvgIpc) is 3.24. The molecule has 4 aromatic rings. The minimum Gasteiger partial charge on any atom is -0.319 e. The quantitative estimate of drug-likeness (QED) is 0.616. The van der Waals surface area contributed by atoms with E-state index in [9.17, 15) is 4.79 Å². The minimum atomic E-state index is -0.272. The fourth-order valence-electron chi connectivity index (χ4n) is 2.40. The number of nitrogens with zero attached hydrogens (tertiary/aromatic N) is 5. The van der Waals surface area contributed by atoms with E-state index in [4.69, 9.17) is 0 Å². The van der Waals surface area contributed by atoms with Crippen molar-refractivity contribution in [3.63, 3.8) is 0 Å². The van der Waals surface area contributed by atoms with Crippen molar-refractivity contribution in [1.82, 2.24) is 24.5 Å². The highest BCUT2D eigenvalue weighted by atomic mass is 16.1. The molecule has 1 N–H and O–H groups in total. The van der Waals surface area contributed by atoms with Gasteiger partial charge in [0.15, 0.2) is 5.82 Å². The standard InChI is InChI=1S/C19H14N6O/c26-19(15-6-7-17(21-10-15)25-9-8-20-13-25)24-16-11-22-18(23-12-16)14-4-2-1-3-5-14/h1-13H,(H,24,26). The van der Waals surface area contributed by atoms with Crippen molar-refractivity contribution in [2.75, 3.05) is 5.32 Å². The molecule has 7 nitrogen and oxygen atoms in total. The summed E-state index contributed by atoms with van der Waals surface area (Å²) in [5, 5.41) is 2.77. The molecule has 3 aromatic heterocycles. The van der Waals surface area contributed by atoms with Crippen molar-refractivity contribution in [1.29, 1.82) is 0 Å². The third-order valence-corrected chi connectivity index (χ3v) is 3.72. The van der Waals surface area contributed by atoms with Crippen LogP contribution in [0.5, 0.6) is 0 Å². The molecule has 0 unspecified atom stereocenters. The molecule has 126 valence electrons. The predicted molar refractivity (Wildman–Crippen MR) is 96.8 cm³/mol. The summed E-state index contributed by atoms with van der Waals surface area (Å²) < 4.78 is 1.76. The number of carbonyl (C=O) groups is 1. The van der Waals surface area contributed by atoms with Gasteiger partial charge in [0.25, 0.3) is 5.91 Å². The molecule has 0 fully saturated rings. The Bertz CT molecular complexity index is 996. The molecule has 4 rings (SSSR count). The van der Waals surface area contributed by atoms with Gasteiger partial charge in [0.05, 0.1) is 23.6 Å². The van der Waals surface area contributed by atoms with Crippen molar-refractivity contribution in [2.24, 2.45) is 0 Å². The van der Waals surface area contributed by atoms with Gasteiger partial charge in [-0.25, -0.2) is 19.9 Å². The van der Waals surface area contributed by atoms with Crippen molar-refractivity contribution in [3.8, 4) is 17.2 Å². The first-order valence-electron chi connectivity index (χ1n) is 7.93. The lowest BCUT2D eigenvalue weighted by atomic mass is 10.2. The van der Waals surface area contributed by atoms with Crippen LogP contribution in [0.1, 0.15) is 10.4 Å². The van der Waals surface area contributed by atoms with Crippen LogP contribution in [-0.4, -0.2) is 30.4 Å². The van der Waals surface area contributed by atoms with Gasteiger partial charge in [-0.15, -0.1) is 0 Å². The molecule has 1 aromatic carbocycles. The van der Waals surface area contributed by atoms with E-state index in [2.05, 4.69) is 25.3 Å². The van der Waals surface area contributed by atoms with Crippen molar-refractivity contribution >= 4 is 11.6 Å². The zero-order chi connectivity index (χ0) is 17.8. The highest BCUT2D eigenvalue weighted by molar-refractivity contribution is 6.03. The van der Waals surface area contributed by atoms with E-state index in [1.165, 1.54) is 6.20 Å². The summed E-state index contributed by atoms with van der Waals surface area (Å²) in [6.07, 6.45) is 9.79. The first-order valence-corrected chi connectivity index (χ1v) is 7.93. The van der Waals surface area contributed by atoms with Crippen LogP contribution in [0.15, 0.2) is 79.8 Å². The van der Waals surface area contributed by atoms with E-state index in [0.717, 1.165) is 5.56 Å². The number of imidazole rings is 1. The van der Waals surface area contributed by atoms with Crippen molar-refractivity contribution in [3.05, 3.63) is 85.3 Å². The number of hydrogen-bond donors (Lipinski definition) is 1. The number of benzene rings is 1. The maximum Gasteiger partial charge on any atom is 0.257 e.